The number of carbonyl (C=O) groups excluding carboxylic acids is 1. The van der Waals surface area contributed by atoms with Crippen LogP contribution in [0.25, 0.3) is 0 Å². The summed E-state index contributed by atoms with van der Waals surface area (Å²) in [5, 5.41) is 7.58. The van der Waals surface area contributed by atoms with E-state index in [9.17, 15) is 9.18 Å². The zero-order valence-electron chi connectivity index (χ0n) is 9.46. The van der Waals surface area contributed by atoms with Gasteiger partial charge in [0, 0.05) is 5.56 Å². The fourth-order valence-corrected chi connectivity index (χ4v) is 3.18. The van der Waals surface area contributed by atoms with E-state index >= 15 is 0 Å². The maximum absolute atomic E-state index is 12.8. The summed E-state index contributed by atoms with van der Waals surface area (Å²) < 4.78 is 13.4. The minimum Gasteiger partial charge on any atom is -0.374 e. The number of rotatable bonds is 4. The Labute approximate surface area is 111 Å². The van der Waals surface area contributed by atoms with Gasteiger partial charge in [0.25, 0.3) is 0 Å². The van der Waals surface area contributed by atoms with Gasteiger partial charge < -0.3 is 5.73 Å². The molecule has 1 aromatic carbocycles. The van der Waals surface area contributed by atoms with E-state index in [1.54, 1.807) is 6.92 Å². The lowest BCUT2D eigenvalue weighted by Crippen LogP contribution is -2.13. The predicted octanol–water partition coefficient (Wildman–Crippen LogP) is 2.62. The van der Waals surface area contributed by atoms with Gasteiger partial charge in [-0.05, 0) is 31.2 Å². The van der Waals surface area contributed by atoms with Crippen molar-refractivity contribution < 1.29 is 9.18 Å². The van der Waals surface area contributed by atoms with Crippen molar-refractivity contribution in [2.45, 2.75) is 16.5 Å². The van der Waals surface area contributed by atoms with Gasteiger partial charge >= 0.3 is 0 Å². The van der Waals surface area contributed by atoms with Crippen LogP contribution in [0.4, 0.5) is 9.52 Å². The summed E-state index contributed by atoms with van der Waals surface area (Å²) in [4.78, 5) is 12.0. The van der Waals surface area contributed by atoms with Crippen molar-refractivity contribution in [2.24, 2.45) is 0 Å². The van der Waals surface area contributed by atoms with Gasteiger partial charge in [0.05, 0.1) is 5.25 Å². The van der Waals surface area contributed by atoms with Crippen molar-refractivity contribution in [2.75, 3.05) is 5.73 Å². The largest absolute Gasteiger partial charge is 0.374 e. The molecule has 0 radical (unpaired) electrons. The molecule has 2 aromatic rings. The molecule has 0 aliphatic rings. The quantitative estimate of drug-likeness (QED) is 0.690. The summed E-state index contributed by atoms with van der Waals surface area (Å²) in [6.07, 6.45) is 0. The molecule has 0 amide bonds. The van der Waals surface area contributed by atoms with Gasteiger partial charge in [0.2, 0.25) is 5.13 Å². The number of nitrogens with zero attached hydrogens (tertiary/aromatic N) is 2. The molecule has 0 bridgehead atoms. The molecule has 1 aromatic heterocycles. The second kappa shape index (κ2) is 5.45. The normalized spacial score (nSPS) is 12.3. The average molecular weight is 283 g/mol. The molecular weight excluding hydrogens is 273 g/mol. The maximum atomic E-state index is 12.8. The second-order valence-corrected chi connectivity index (χ2v) is 6.13. The van der Waals surface area contributed by atoms with Crippen molar-refractivity contribution >= 4 is 34.0 Å². The molecule has 1 heterocycles. The fraction of sp³-hybridized carbons (Fsp3) is 0.182. The van der Waals surface area contributed by atoms with E-state index in [1.807, 2.05) is 0 Å². The number of Topliss-reactive ketones (excluding diaryl/α,β-unsaturated/α-hetero) is 1. The van der Waals surface area contributed by atoms with E-state index in [1.165, 1.54) is 47.4 Å². The summed E-state index contributed by atoms with van der Waals surface area (Å²) >= 11 is 2.53. The maximum Gasteiger partial charge on any atom is 0.203 e. The molecular formula is C11H10FN3OS2. The highest BCUT2D eigenvalue weighted by Crippen LogP contribution is 2.29. The van der Waals surface area contributed by atoms with Crippen LogP contribution in [-0.2, 0) is 0 Å². The van der Waals surface area contributed by atoms with Crippen molar-refractivity contribution in [3.8, 4) is 0 Å². The van der Waals surface area contributed by atoms with E-state index in [0.717, 1.165) is 0 Å². The molecule has 7 heteroatoms. The first-order valence-corrected chi connectivity index (χ1v) is 6.81. The number of aromatic nitrogens is 2. The molecule has 4 nitrogen and oxygen atoms in total. The van der Waals surface area contributed by atoms with Crippen molar-refractivity contribution in [1.82, 2.24) is 10.2 Å². The number of nitrogens with two attached hydrogens (primary N) is 1. The molecule has 1 atom stereocenters. The van der Waals surface area contributed by atoms with Crippen LogP contribution in [0.3, 0.4) is 0 Å². The second-order valence-electron chi connectivity index (χ2n) is 3.54. The summed E-state index contributed by atoms with van der Waals surface area (Å²) in [6, 6.07) is 5.49. The van der Waals surface area contributed by atoms with Crippen molar-refractivity contribution in [1.29, 1.82) is 0 Å². The number of hydrogen-bond acceptors (Lipinski definition) is 6. The highest BCUT2D eigenvalue weighted by Gasteiger charge is 2.18. The van der Waals surface area contributed by atoms with Gasteiger partial charge in [-0.3, -0.25) is 4.79 Å². The minimum atomic E-state index is -0.358. The average Bonchev–Trinajstić information content (AvgIpc) is 2.75. The minimum absolute atomic E-state index is 0.0752. The lowest BCUT2D eigenvalue weighted by molar-refractivity contribution is 0.0994. The number of anilines is 1. The molecule has 94 valence electrons. The van der Waals surface area contributed by atoms with E-state index in [0.29, 0.717) is 15.0 Å². The fourth-order valence-electron chi connectivity index (χ4n) is 1.32. The molecule has 2 N–H and O–H groups in total. The first-order valence-electron chi connectivity index (χ1n) is 5.11. The lowest BCUT2D eigenvalue weighted by atomic mass is 10.1. The number of halogens is 1. The number of nitrogen functional groups attached to an aromatic ring is 1. The van der Waals surface area contributed by atoms with E-state index in [4.69, 9.17) is 5.73 Å². The van der Waals surface area contributed by atoms with Gasteiger partial charge in [-0.1, -0.05) is 23.1 Å². The zero-order chi connectivity index (χ0) is 13.1. The number of hydrogen-bond donors (Lipinski definition) is 1. The Morgan fingerprint density at radius 1 is 1.39 bits per heavy atom. The number of carbonyl (C=O) groups is 1. The van der Waals surface area contributed by atoms with Crippen molar-refractivity contribution in [3.63, 3.8) is 0 Å². The van der Waals surface area contributed by atoms with Gasteiger partial charge in [-0.15, -0.1) is 10.2 Å². The Hall–Kier alpha value is -1.47. The Morgan fingerprint density at radius 3 is 2.61 bits per heavy atom. The molecule has 1 unspecified atom stereocenters. The van der Waals surface area contributed by atoms with Crippen LogP contribution in [0.15, 0.2) is 28.6 Å². The molecule has 0 aliphatic heterocycles. The van der Waals surface area contributed by atoms with Gasteiger partial charge in [0.1, 0.15) is 5.82 Å². The summed E-state index contributed by atoms with van der Waals surface area (Å²) in [7, 11) is 0. The summed E-state index contributed by atoms with van der Waals surface area (Å²) in [6.45, 7) is 1.77. The van der Waals surface area contributed by atoms with Crippen LogP contribution >= 0.6 is 23.1 Å². The van der Waals surface area contributed by atoms with Crippen molar-refractivity contribution in [3.05, 3.63) is 35.6 Å². The smallest absolute Gasteiger partial charge is 0.203 e. The van der Waals surface area contributed by atoms with E-state index in [2.05, 4.69) is 10.2 Å². The summed E-state index contributed by atoms with van der Waals surface area (Å²) in [5.74, 6) is -0.433. The number of benzene rings is 1. The molecule has 0 spiro atoms. The molecule has 2 rings (SSSR count). The first-order chi connectivity index (χ1) is 8.56. The van der Waals surface area contributed by atoms with Gasteiger partial charge in [0.15, 0.2) is 10.1 Å². The molecule has 0 saturated heterocycles. The third kappa shape index (κ3) is 3.05. The van der Waals surface area contributed by atoms with Crippen LogP contribution in [0.5, 0.6) is 0 Å². The van der Waals surface area contributed by atoms with Crippen LogP contribution in [-0.4, -0.2) is 21.2 Å². The van der Waals surface area contributed by atoms with Crippen LogP contribution in [0, 0.1) is 5.82 Å². The molecule has 0 fully saturated rings. The van der Waals surface area contributed by atoms with Gasteiger partial charge in [-0.25, -0.2) is 4.39 Å². The van der Waals surface area contributed by atoms with Crippen LogP contribution in [0.2, 0.25) is 0 Å². The Kier molecular flexibility index (Phi) is 3.93. The first kappa shape index (κ1) is 13.0. The van der Waals surface area contributed by atoms with Crippen LogP contribution < -0.4 is 5.73 Å². The standard InChI is InChI=1S/C11H10FN3OS2/c1-6(17-11-15-14-10(13)18-11)9(16)7-2-4-8(12)5-3-7/h2-6H,1H3,(H2,13,14). The Morgan fingerprint density at radius 2 is 2.06 bits per heavy atom. The Bertz CT molecular complexity index is 556. The van der Waals surface area contributed by atoms with Crippen LogP contribution in [0.1, 0.15) is 17.3 Å². The molecule has 0 aliphatic carbocycles. The van der Waals surface area contributed by atoms with Gasteiger partial charge in [-0.2, -0.15) is 0 Å². The van der Waals surface area contributed by atoms with E-state index < -0.39 is 0 Å². The lowest BCUT2D eigenvalue weighted by Gasteiger charge is -2.07. The zero-order valence-corrected chi connectivity index (χ0v) is 11.1. The topological polar surface area (TPSA) is 68.9 Å². The molecule has 0 saturated carbocycles. The monoisotopic (exact) mass is 283 g/mol. The Balaban J connectivity index is 2.07. The highest BCUT2D eigenvalue weighted by molar-refractivity contribution is 8.02. The number of thioether (sulfide) groups is 1. The third-order valence-corrected chi connectivity index (χ3v) is 4.13. The third-order valence-electron chi connectivity index (χ3n) is 2.20. The predicted molar refractivity (Wildman–Crippen MR) is 70.4 cm³/mol. The molecule has 18 heavy (non-hydrogen) atoms. The summed E-state index contributed by atoms with van der Waals surface area (Å²) in [5.41, 5.74) is 5.94. The number of ketones is 1. The SMILES string of the molecule is CC(Sc1nnc(N)s1)C(=O)c1ccc(F)cc1. The van der Waals surface area contributed by atoms with E-state index in [-0.39, 0.29) is 16.9 Å². The highest BCUT2D eigenvalue weighted by atomic mass is 32.2.